The number of para-hydroxylation sites is 1. The summed E-state index contributed by atoms with van der Waals surface area (Å²) in [6.07, 6.45) is 0.816. The van der Waals surface area contributed by atoms with Crippen molar-refractivity contribution in [3.05, 3.63) is 29.8 Å². The number of anilines is 1. The van der Waals surface area contributed by atoms with Gasteiger partial charge in [-0.3, -0.25) is 4.79 Å². The Bertz CT molecular complexity index is 487. The van der Waals surface area contributed by atoms with Gasteiger partial charge in [-0.25, -0.2) is 0 Å². The van der Waals surface area contributed by atoms with E-state index in [1.165, 1.54) is 5.56 Å². The second kappa shape index (κ2) is 6.94. The Morgan fingerprint density at radius 2 is 2.14 bits per heavy atom. The van der Waals surface area contributed by atoms with Gasteiger partial charge in [-0.2, -0.15) is 0 Å². The zero-order valence-electron chi connectivity index (χ0n) is 13.5. The third-order valence-corrected chi connectivity index (χ3v) is 4.43. The van der Waals surface area contributed by atoms with Crippen molar-refractivity contribution < 1.29 is 4.79 Å². The summed E-state index contributed by atoms with van der Waals surface area (Å²) >= 11 is 0. The average Bonchev–Trinajstić information content (AvgIpc) is 2.46. The van der Waals surface area contributed by atoms with Crippen LogP contribution in [0.4, 0.5) is 5.69 Å². The van der Waals surface area contributed by atoms with Crippen LogP contribution < -0.4 is 10.6 Å². The topological polar surface area (TPSA) is 44.4 Å². The van der Waals surface area contributed by atoms with Crippen LogP contribution in [0.25, 0.3) is 0 Å². The predicted octanol–water partition coefficient (Wildman–Crippen LogP) is 2.12. The number of carbonyl (C=O) groups excluding carboxylic acids is 1. The lowest BCUT2D eigenvalue weighted by Crippen LogP contribution is -2.45. The van der Waals surface area contributed by atoms with E-state index in [1.54, 1.807) is 0 Å². The van der Waals surface area contributed by atoms with Gasteiger partial charge in [0.25, 0.3) is 0 Å². The summed E-state index contributed by atoms with van der Waals surface area (Å²) in [5.41, 5.74) is 2.39. The summed E-state index contributed by atoms with van der Waals surface area (Å²) in [4.78, 5) is 14.6. The van der Waals surface area contributed by atoms with Crippen LogP contribution in [0.1, 0.15) is 26.3 Å². The van der Waals surface area contributed by atoms with E-state index in [2.05, 4.69) is 55.5 Å². The normalized spacial score (nSPS) is 21.0. The molecule has 0 fully saturated rings. The Morgan fingerprint density at radius 1 is 1.43 bits per heavy atom. The number of benzene rings is 1. The lowest BCUT2D eigenvalue weighted by atomic mass is 9.87. The molecule has 21 heavy (non-hydrogen) atoms. The number of hydrogen-bond acceptors (Lipinski definition) is 3. The van der Waals surface area contributed by atoms with Gasteiger partial charge in [0.15, 0.2) is 0 Å². The van der Waals surface area contributed by atoms with Crippen LogP contribution >= 0.6 is 0 Å². The molecule has 2 atom stereocenters. The molecule has 1 aliphatic heterocycles. The summed E-state index contributed by atoms with van der Waals surface area (Å²) in [6, 6.07) is 8.91. The van der Waals surface area contributed by atoms with Gasteiger partial charge in [-0.05, 0) is 45.9 Å². The molecule has 2 unspecified atom stereocenters. The van der Waals surface area contributed by atoms with Crippen LogP contribution in [-0.4, -0.2) is 43.0 Å². The molecule has 1 amide bonds. The standard InChI is InChI=1S/C17H27N3O/c1-12(2)20(4)10-9-18-17(21)15-11-14-7-5-6-8-16(14)19-13(15)3/h5-8,12-13,15,19H,9-11H2,1-4H3,(H,18,21). The molecule has 116 valence electrons. The van der Waals surface area contributed by atoms with Crippen molar-refractivity contribution in [3.63, 3.8) is 0 Å². The van der Waals surface area contributed by atoms with Crippen molar-refractivity contribution in [3.8, 4) is 0 Å². The van der Waals surface area contributed by atoms with E-state index in [-0.39, 0.29) is 17.9 Å². The lowest BCUT2D eigenvalue weighted by molar-refractivity contribution is -0.125. The van der Waals surface area contributed by atoms with Gasteiger partial charge < -0.3 is 15.5 Å². The molecule has 1 aromatic carbocycles. The molecular formula is C17H27N3O. The zero-order chi connectivity index (χ0) is 15.4. The van der Waals surface area contributed by atoms with E-state index in [1.807, 2.05) is 12.1 Å². The largest absolute Gasteiger partial charge is 0.382 e. The first kappa shape index (κ1) is 15.8. The van der Waals surface area contributed by atoms with Crippen molar-refractivity contribution in [1.82, 2.24) is 10.2 Å². The highest BCUT2D eigenvalue weighted by atomic mass is 16.1. The molecular weight excluding hydrogens is 262 g/mol. The van der Waals surface area contributed by atoms with Gasteiger partial charge in [0.05, 0.1) is 5.92 Å². The van der Waals surface area contributed by atoms with E-state index in [0.29, 0.717) is 12.6 Å². The highest BCUT2D eigenvalue weighted by Gasteiger charge is 2.30. The summed E-state index contributed by atoms with van der Waals surface area (Å²) in [7, 11) is 2.08. The SMILES string of the molecule is CC1Nc2ccccc2CC1C(=O)NCCN(C)C(C)C. The Labute approximate surface area is 127 Å². The molecule has 0 aromatic heterocycles. The number of hydrogen-bond donors (Lipinski definition) is 2. The van der Waals surface area contributed by atoms with Gasteiger partial charge >= 0.3 is 0 Å². The Balaban J connectivity index is 1.88. The lowest BCUT2D eigenvalue weighted by Gasteiger charge is -2.32. The minimum Gasteiger partial charge on any atom is -0.382 e. The highest BCUT2D eigenvalue weighted by Crippen LogP contribution is 2.28. The molecule has 2 rings (SSSR count). The van der Waals surface area contributed by atoms with Crippen molar-refractivity contribution in [2.24, 2.45) is 5.92 Å². The first-order valence-corrected chi connectivity index (χ1v) is 7.81. The number of amides is 1. The van der Waals surface area contributed by atoms with E-state index in [4.69, 9.17) is 0 Å². The van der Waals surface area contributed by atoms with Gasteiger partial charge in [-0.1, -0.05) is 18.2 Å². The monoisotopic (exact) mass is 289 g/mol. The summed E-state index contributed by atoms with van der Waals surface area (Å²) in [6.45, 7) is 7.99. The average molecular weight is 289 g/mol. The molecule has 1 aliphatic rings. The van der Waals surface area contributed by atoms with Crippen LogP contribution in [0.15, 0.2) is 24.3 Å². The van der Waals surface area contributed by atoms with E-state index in [0.717, 1.165) is 18.7 Å². The predicted molar refractivity (Wildman–Crippen MR) is 87.5 cm³/mol. The molecule has 0 aliphatic carbocycles. The maximum absolute atomic E-state index is 12.4. The number of likely N-dealkylation sites (N-methyl/N-ethyl adjacent to an activating group) is 1. The third-order valence-electron chi connectivity index (χ3n) is 4.43. The first-order valence-electron chi connectivity index (χ1n) is 7.81. The van der Waals surface area contributed by atoms with Gasteiger partial charge in [0.1, 0.15) is 0 Å². The molecule has 4 heteroatoms. The number of nitrogens with one attached hydrogen (secondary N) is 2. The molecule has 0 spiro atoms. The fraction of sp³-hybridized carbons (Fsp3) is 0.588. The smallest absolute Gasteiger partial charge is 0.225 e. The summed E-state index contributed by atoms with van der Waals surface area (Å²) in [5.74, 6) is 0.158. The second-order valence-corrected chi connectivity index (χ2v) is 6.27. The number of rotatable bonds is 5. The maximum atomic E-state index is 12.4. The van der Waals surface area contributed by atoms with E-state index >= 15 is 0 Å². The molecule has 1 aromatic rings. The second-order valence-electron chi connectivity index (χ2n) is 6.27. The number of carbonyl (C=O) groups is 1. The molecule has 1 heterocycles. The van der Waals surface area contributed by atoms with Gasteiger partial charge in [-0.15, -0.1) is 0 Å². The minimum absolute atomic E-state index is 0.00394. The van der Waals surface area contributed by atoms with Crippen LogP contribution in [0.5, 0.6) is 0 Å². The fourth-order valence-corrected chi connectivity index (χ4v) is 2.66. The third kappa shape index (κ3) is 3.97. The Kier molecular flexibility index (Phi) is 5.23. The first-order chi connectivity index (χ1) is 9.99. The number of fused-ring (bicyclic) bond motifs is 1. The van der Waals surface area contributed by atoms with Crippen molar-refractivity contribution in [2.45, 2.75) is 39.3 Å². The van der Waals surface area contributed by atoms with Gasteiger partial charge in [0.2, 0.25) is 5.91 Å². The molecule has 0 radical (unpaired) electrons. The van der Waals surface area contributed by atoms with Gasteiger partial charge in [0, 0.05) is 30.9 Å². The van der Waals surface area contributed by atoms with Crippen molar-refractivity contribution >= 4 is 11.6 Å². The summed E-state index contributed by atoms with van der Waals surface area (Å²) in [5, 5.41) is 6.52. The minimum atomic E-state index is 0.00394. The highest BCUT2D eigenvalue weighted by molar-refractivity contribution is 5.81. The Morgan fingerprint density at radius 3 is 2.86 bits per heavy atom. The van der Waals surface area contributed by atoms with Crippen LogP contribution in [0.3, 0.4) is 0 Å². The van der Waals surface area contributed by atoms with Crippen molar-refractivity contribution in [1.29, 1.82) is 0 Å². The van der Waals surface area contributed by atoms with E-state index < -0.39 is 0 Å². The zero-order valence-corrected chi connectivity index (χ0v) is 13.5. The number of nitrogens with zero attached hydrogens (tertiary/aromatic N) is 1. The van der Waals surface area contributed by atoms with Crippen LogP contribution in [-0.2, 0) is 11.2 Å². The fourth-order valence-electron chi connectivity index (χ4n) is 2.66. The molecule has 0 saturated carbocycles. The van der Waals surface area contributed by atoms with Crippen LogP contribution in [0.2, 0.25) is 0 Å². The Hall–Kier alpha value is -1.55. The quantitative estimate of drug-likeness (QED) is 0.872. The molecule has 2 N–H and O–H groups in total. The van der Waals surface area contributed by atoms with E-state index in [9.17, 15) is 4.79 Å². The molecule has 0 bridgehead atoms. The molecule has 0 saturated heterocycles. The summed E-state index contributed by atoms with van der Waals surface area (Å²) < 4.78 is 0. The van der Waals surface area contributed by atoms with Crippen molar-refractivity contribution in [2.75, 3.05) is 25.5 Å². The molecule has 4 nitrogen and oxygen atoms in total. The van der Waals surface area contributed by atoms with Crippen LogP contribution in [0, 0.1) is 5.92 Å². The maximum Gasteiger partial charge on any atom is 0.225 e.